The van der Waals surface area contributed by atoms with Gasteiger partial charge in [-0.15, -0.1) is 0 Å². The molecule has 0 bridgehead atoms. The smallest absolute Gasteiger partial charge is 0.223 e. The fourth-order valence-electron chi connectivity index (χ4n) is 3.19. The van der Waals surface area contributed by atoms with E-state index in [1.54, 1.807) is 12.3 Å². The van der Waals surface area contributed by atoms with Gasteiger partial charge in [0.25, 0.3) is 0 Å². The normalized spacial score (nSPS) is 18.9. The summed E-state index contributed by atoms with van der Waals surface area (Å²) in [5.74, 6) is 2.47. The van der Waals surface area contributed by atoms with E-state index in [-0.39, 0.29) is 11.8 Å². The molecule has 1 aliphatic rings. The maximum Gasteiger partial charge on any atom is 0.223 e. The number of nitrogens with zero attached hydrogens (tertiary/aromatic N) is 2. The summed E-state index contributed by atoms with van der Waals surface area (Å²) in [5, 5.41) is 10.0. The van der Waals surface area contributed by atoms with Gasteiger partial charge in [-0.1, -0.05) is 24.3 Å². The van der Waals surface area contributed by atoms with Gasteiger partial charge in [0.2, 0.25) is 11.7 Å². The lowest BCUT2D eigenvalue weighted by Gasteiger charge is -2.06. The third-order valence-electron chi connectivity index (χ3n) is 4.65. The first kappa shape index (κ1) is 15.6. The molecule has 0 radical (unpaired) electrons. The Morgan fingerprint density at radius 1 is 1.32 bits per heavy atom. The Bertz CT molecular complexity index is 869. The van der Waals surface area contributed by atoms with E-state index in [9.17, 15) is 4.79 Å². The van der Waals surface area contributed by atoms with Gasteiger partial charge in [-0.3, -0.25) is 9.89 Å². The van der Waals surface area contributed by atoms with Crippen LogP contribution in [0.2, 0.25) is 0 Å². The van der Waals surface area contributed by atoms with Crippen molar-refractivity contribution in [2.45, 2.75) is 25.7 Å². The van der Waals surface area contributed by atoms with Gasteiger partial charge in [0.05, 0.1) is 6.26 Å². The van der Waals surface area contributed by atoms with E-state index in [4.69, 9.17) is 4.42 Å². The number of rotatable bonds is 6. The summed E-state index contributed by atoms with van der Waals surface area (Å²) >= 11 is 0. The van der Waals surface area contributed by atoms with Crippen molar-refractivity contribution in [3.05, 3.63) is 59.6 Å². The van der Waals surface area contributed by atoms with E-state index in [1.165, 1.54) is 11.1 Å². The number of amides is 1. The van der Waals surface area contributed by atoms with E-state index in [2.05, 4.69) is 39.6 Å². The van der Waals surface area contributed by atoms with Gasteiger partial charge in [0.1, 0.15) is 5.82 Å². The largest absolute Gasteiger partial charge is 0.461 e. The summed E-state index contributed by atoms with van der Waals surface area (Å²) in [4.78, 5) is 16.7. The van der Waals surface area contributed by atoms with Crippen LogP contribution in [0.15, 0.2) is 47.1 Å². The average molecular weight is 336 g/mol. The molecule has 1 aromatic carbocycles. The van der Waals surface area contributed by atoms with Gasteiger partial charge in [-0.05, 0) is 42.5 Å². The van der Waals surface area contributed by atoms with Crippen LogP contribution in [-0.2, 0) is 11.2 Å². The van der Waals surface area contributed by atoms with Gasteiger partial charge >= 0.3 is 0 Å². The molecule has 1 aliphatic carbocycles. The third kappa shape index (κ3) is 3.33. The lowest BCUT2D eigenvalue weighted by molar-refractivity contribution is -0.122. The Kier molecular flexibility index (Phi) is 4.09. The second kappa shape index (κ2) is 6.55. The van der Waals surface area contributed by atoms with Crippen LogP contribution in [0, 0.1) is 12.8 Å². The molecule has 1 saturated carbocycles. The Morgan fingerprint density at radius 3 is 3.00 bits per heavy atom. The molecule has 0 saturated heterocycles. The van der Waals surface area contributed by atoms with Crippen LogP contribution < -0.4 is 5.32 Å². The second-order valence-corrected chi connectivity index (χ2v) is 6.43. The SMILES string of the molecule is Cc1ccccc1[C@@H]1C[C@@H]1C(=O)NCCc1nc(-c2ccco2)n[nH]1. The molecular weight excluding hydrogens is 316 g/mol. The quantitative estimate of drug-likeness (QED) is 0.725. The van der Waals surface area contributed by atoms with E-state index in [0.717, 1.165) is 12.2 Å². The van der Waals surface area contributed by atoms with E-state index in [0.29, 0.717) is 30.5 Å². The number of aromatic nitrogens is 3. The molecule has 0 unspecified atom stereocenters. The third-order valence-corrected chi connectivity index (χ3v) is 4.65. The summed E-state index contributed by atoms with van der Waals surface area (Å²) in [6.45, 7) is 2.64. The Morgan fingerprint density at radius 2 is 2.20 bits per heavy atom. The van der Waals surface area contributed by atoms with Crippen LogP contribution in [0.5, 0.6) is 0 Å². The number of aromatic amines is 1. The summed E-state index contributed by atoms with van der Waals surface area (Å²) in [6, 6.07) is 11.9. The molecule has 1 fully saturated rings. The van der Waals surface area contributed by atoms with Crippen LogP contribution in [0.4, 0.5) is 0 Å². The van der Waals surface area contributed by atoms with Crippen LogP contribution >= 0.6 is 0 Å². The van der Waals surface area contributed by atoms with Gasteiger partial charge in [0.15, 0.2) is 5.76 Å². The molecule has 2 atom stereocenters. The molecule has 6 nitrogen and oxygen atoms in total. The second-order valence-electron chi connectivity index (χ2n) is 6.43. The maximum atomic E-state index is 12.3. The first-order valence-electron chi connectivity index (χ1n) is 8.51. The predicted molar refractivity (Wildman–Crippen MR) is 92.8 cm³/mol. The molecule has 2 N–H and O–H groups in total. The molecule has 3 aromatic rings. The number of hydrogen-bond donors (Lipinski definition) is 2. The molecule has 0 aliphatic heterocycles. The number of furan rings is 1. The number of carbonyl (C=O) groups is 1. The lowest BCUT2D eigenvalue weighted by atomic mass is 10.0. The zero-order valence-electron chi connectivity index (χ0n) is 14.0. The molecule has 128 valence electrons. The van der Waals surface area contributed by atoms with Crippen LogP contribution in [0.25, 0.3) is 11.6 Å². The Balaban J connectivity index is 1.27. The van der Waals surface area contributed by atoms with Gasteiger partial charge in [-0.2, -0.15) is 5.10 Å². The van der Waals surface area contributed by atoms with E-state index in [1.807, 2.05) is 18.2 Å². The zero-order chi connectivity index (χ0) is 17.2. The molecule has 1 amide bonds. The fraction of sp³-hybridized carbons (Fsp3) is 0.316. The predicted octanol–water partition coefficient (Wildman–Crippen LogP) is 2.84. The highest BCUT2D eigenvalue weighted by molar-refractivity contribution is 5.83. The standard InChI is InChI=1S/C19H20N4O2/c1-12-5-2-3-6-13(12)14-11-15(14)19(24)20-9-8-17-21-18(23-22-17)16-7-4-10-25-16/h2-7,10,14-15H,8-9,11H2,1H3,(H,20,24)(H,21,22,23)/t14-,15-/m0/s1. The summed E-state index contributed by atoms with van der Waals surface area (Å²) in [5.41, 5.74) is 2.55. The van der Waals surface area contributed by atoms with Crippen LogP contribution in [0.3, 0.4) is 0 Å². The van der Waals surface area contributed by atoms with Crippen LogP contribution in [-0.4, -0.2) is 27.6 Å². The topological polar surface area (TPSA) is 83.8 Å². The number of hydrogen-bond acceptors (Lipinski definition) is 4. The number of carbonyl (C=O) groups excluding carboxylic acids is 1. The lowest BCUT2D eigenvalue weighted by Crippen LogP contribution is -2.27. The van der Waals surface area contributed by atoms with Crippen LogP contribution in [0.1, 0.15) is 29.3 Å². The van der Waals surface area contributed by atoms with Gasteiger partial charge in [-0.25, -0.2) is 4.98 Å². The summed E-state index contributed by atoms with van der Waals surface area (Å²) < 4.78 is 5.26. The van der Waals surface area contributed by atoms with E-state index >= 15 is 0 Å². The van der Waals surface area contributed by atoms with Crippen molar-refractivity contribution in [3.8, 4) is 11.6 Å². The summed E-state index contributed by atoms with van der Waals surface area (Å²) in [7, 11) is 0. The Hall–Kier alpha value is -2.89. The minimum Gasteiger partial charge on any atom is -0.461 e. The van der Waals surface area contributed by atoms with Crippen molar-refractivity contribution >= 4 is 5.91 Å². The number of H-pyrrole nitrogens is 1. The van der Waals surface area contributed by atoms with Crippen molar-refractivity contribution in [1.29, 1.82) is 0 Å². The van der Waals surface area contributed by atoms with Crippen molar-refractivity contribution in [3.63, 3.8) is 0 Å². The molecule has 6 heteroatoms. The number of benzene rings is 1. The van der Waals surface area contributed by atoms with Crippen molar-refractivity contribution in [1.82, 2.24) is 20.5 Å². The number of nitrogens with one attached hydrogen (secondary N) is 2. The van der Waals surface area contributed by atoms with Gasteiger partial charge < -0.3 is 9.73 Å². The minimum absolute atomic E-state index is 0.0921. The fourth-order valence-corrected chi connectivity index (χ4v) is 3.19. The molecular formula is C19H20N4O2. The Labute approximate surface area is 145 Å². The minimum atomic E-state index is 0.0921. The molecule has 25 heavy (non-hydrogen) atoms. The zero-order valence-corrected chi connectivity index (χ0v) is 14.0. The number of aryl methyl sites for hydroxylation is 1. The highest BCUT2D eigenvalue weighted by Crippen LogP contribution is 2.48. The van der Waals surface area contributed by atoms with E-state index < -0.39 is 0 Å². The molecule has 4 rings (SSSR count). The first-order chi connectivity index (χ1) is 12.2. The van der Waals surface area contributed by atoms with Crippen molar-refractivity contribution in [2.24, 2.45) is 5.92 Å². The van der Waals surface area contributed by atoms with Crippen molar-refractivity contribution < 1.29 is 9.21 Å². The summed E-state index contributed by atoms with van der Waals surface area (Å²) in [6.07, 6.45) is 3.13. The highest BCUT2D eigenvalue weighted by Gasteiger charge is 2.44. The first-order valence-corrected chi connectivity index (χ1v) is 8.51. The van der Waals surface area contributed by atoms with Gasteiger partial charge in [0, 0.05) is 18.9 Å². The monoisotopic (exact) mass is 336 g/mol. The molecule has 0 spiro atoms. The van der Waals surface area contributed by atoms with Crippen molar-refractivity contribution in [2.75, 3.05) is 6.54 Å². The molecule has 2 heterocycles. The molecule has 2 aromatic heterocycles. The maximum absolute atomic E-state index is 12.3. The highest BCUT2D eigenvalue weighted by atomic mass is 16.3. The average Bonchev–Trinajstić information content (AvgIpc) is 3.00.